The summed E-state index contributed by atoms with van der Waals surface area (Å²) < 4.78 is 1.40. The van der Waals surface area contributed by atoms with Gasteiger partial charge in [0.15, 0.2) is 0 Å². The van der Waals surface area contributed by atoms with Crippen LogP contribution in [0.25, 0.3) is 9.88 Å². The Balaban J connectivity index is 1.38. The Morgan fingerprint density at radius 3 is 2.63 bits per heavy atom. The largest absolute Gasteiger partial charge is 0.338 e. The number of tetrazole rings is 1. The molecule has 1 saturated heterocycles. The molecule has 11 heteroatoms. The second-order valence-corrected chi connectivity index (χ2v) is 8.04. The smallest absolute Gasteiger partial charge is 0.265 e. The molecule has 1 fully saturated rings. The van der Waals surface area contributed by atoms with Crippen LogP contribution in [0.2, 0.25) is 0 Å². The van der Waals surface area contributed by atoms with Gasteiger partial charge >= 0.3 is 0 Å². The number of rotatable bonds is 4. The van der Waals surface area contributed by atoms with Gasteiger partial charge in [0.05, 0.1) is 10.6 Å². The molecule has 0 unspecified atom stereocenters. The van der Waals surface area contributed by atoms with Crippen LogP contribution in [0.4, 0.5) is 0 Å². The summed E-state index contributed by atoms with van der Waals surface area (Å²) in [7, 11) is 0. The lowest BCUT2D eigenvalue weighted by atomic mass is 10.2. The first-order valence-corrected chi connectivity index (χ1v) is 10.1. The number of nitrogens with zero attached hydrogens (tertiary/aromatic N) is 7. The third-order valence-electron chi connectivity index (χ3n) is 4.33. The predicted octanol–water partition coefficient (Wildman–Crippen LogP) is 1.15. The number of piperazine rings is 1. The minimum atomic E-state index is -0.0525. The number of thiazole rings is 1. The highest BCUT2D eigenvalue weighted by Gasteiger charge is 2.27. The first kappa shape index (κ1) is 17.7. The maximum atomic E-state index is 12.9. The molecule has 0 N–H and O–H groups in total. The van der Waals surface area contributed by atoms with E-state index < -0.39 is 0 Å². The quantitative estimate of drug-likeness (QED) is 0.648. The van der Waals surface area contributed by atoms with Gasteiger partial charge in [0.1, 0.15) is 22.8 Å². The first-order valence-electron chi connectivity index (χ1n) is 8.41. The maximum absolute atomic E-state index is 12.9. The van der Waals surface area contributed by atoms with Gasteiger partial charge in [0, 0.05) is 26.2 Å². The van der Waals surface area contributed by atoms with Crippen molar-refractivity contribution in [3.8, 4) is 9.88 Å². The van der Waals surface area contributed by atoms with Crippen LogP contribution in [0.3, 0.4) is 0 Å². The van der Waals surface area contributed by atoms with E-state index in [1.807, 2.05) is 24.4 Å². The molecule has 4 heterocycles. The predicted molar refractivity (Wildman–Crippen MR) is 100 cm³/mol. The molecule has 4 rings (SSSR count). The van der Waals surface area contributed by atoms with Crippen LogP contribution < -0.4 is 0 Å². The van der Waals surface area contributed by atoms with E-state index in [2.05, 4.69) is 20.5 Å². The molecular formula is C16H17N7O2S2. The number of hydrogen-bond acceptors (Lipinski definition) is 8. The number of carbonyl (C=O) groups is 2. The third kappa shape index (κ3) is 3.74. The maximum Gasteiger partial charge on any atom is 0.265 e. The molecule has 27 heavy (non-hydrogen) atoms. The van der Waals surface area contributed by atoms with Crippen LogP contribution in [-0.4, -0.2) is 73.0 Å². The SMILES string of the molecule is Cc1nc(-c2cccs2)sc1C(=O)N1CCN(C(=O)Cn2cnnn2)CC1. The van der Waals surface area contributed by atoms with Gasteiger partial charge in [-0.3, -0.25) is 9.59 Å². The fourth-order valence-corrected chi connectivity index (χ4v) is 4.73. The van der Waals surface area contributed by atoms with Crippen molar-refractivity contribution in [1.82, 2.24) is 35.0 Å². The van der Waals surface area contributed by atoms with Crippen LogP contribution in [-0.2, 0) is 11.3 Å². The van der Waals surface area contributed by atoms with E-state index in [0.29, 0.717) is 31.1 Å². The van der Waals surface area contributed by atoms with E-state index in [-0.39, 0.29) is 18.4 Å². The number of aromatic nitrogens is 5. The molecule has 1 aliphatic heterocycles. The van der Waals surface area contributed by atoms with Crippen molar-refractivity contribution < 1.29 is 9.59 Å². The summed E-state index contributed by atoms with van der Waals surface area (Å²) in [5.74, 6) is -0.0660. The van der Waals surface area contributed by atoms with E-state index in [0.717, 1.165) is 15.6 Å². The molecule has 9 nitrogen and oxygen atoms in total. The van der Waals surface area contributed by atoms with Gasteiger partial charge < -0.3 is 9.80 Å². The number of amides is 2. The lowest BCUT2D eigenvalue weighted by Gasteiger charge is -2.34. The van der Waals surface area contributed by atoms with E-state index in [1.165, 1.54) is 22.3 Å². The Hall–Kier alpha value is -2.66. The van der Waals surface area contributed by atoms with Gasteiger partial charge in [-0.1, -0.05) is 6.07 Å². The summed E-state index contributed by atoms with van der Waals surface area (Å²) in [6.07, 6.45) is 1.41. The molecule has 0 aromatic carbocycles. The number of aryl methyl sites for hydroxylation is 1. The number of hydrogen-bond donors (Lipinski definition) is 0. The van der Waals surface area contributed by atoms with Crippen molar-refractivity contribution in [3.63, 3.8) is 0 Å². The van der Waals surface area contributed by atoms with Crippen LogP contribution in [0.15, 0.2) is 23.8 Å². The highest BCUT2D eigenvalue weighted by atomic mass is 32.1. The third-order valence-corrected chi connectivity index (χ3v) is 6.52. The minimum absolute atomic E-state index is 0.0135. The van der Waals surface area contributed by atoms with Gasteiger partial charge in [0.2, 0.25) is 5.91 Å². The summed E-state index contributed by atoms with van der Waals surface area (Å²) in [6.45, 7) is 3.99. The molecule has 1 aliphatic rings. The fraction of sp³-hybridized carbons (Fsp3) is 0.375. The van der Waals surface area contributed by atoms with Crippen LogP contribution in [0, 0.1) is 6.92 Å². The van der Waals surface area contributed by atoms with Gasteiger partial charge in [-0.2, -0.15) is 0 Å². The summed E-state index contributed by atoms with van der Waals surface area (Å²) >= 11 is 3.04. The molecule has 0 atom stereocenters. The summed E-state index contributed by atoms with van der Waals surface area (Å²) in [5.41, 5.74) is 0.755. The molecule has 2 amide bonds. The van der Waals surface area contributed by atoms with Gasteiger partial charge in [0.25, 0.3) is 5.91 Å². The van der Waals surface area contributed by atoms with E-state index in [4.69, 9.17) is 0 Å². The molecule has 0 radical (unpaired) electrons. The standard InChI is InChI=1S/C16H17N7O2S2/c1-11-14(27-15(18-11)12-3-2-8-26-12)16(25)22-6-4-21(5-7-22)13(24)9-23-10-17-19-20-23/h2-3,8,10H,4-7,9H2,1H3. The normalized spacial score (nSPS) is 14.6. The average Bonchev–Trinajstić information content (AvgIpc) is 3.43. The summed E-state index contributed by atoms with van der Waals surface area (Å²) in [4.78, 5) is 35.0. The lowest BCUT2D eigenvalue weighted by Crippen LogP contribution is -2.51. The van der Waals surface area contributed by atoms with E-state index in [1.54, 1.807) is 21.1 Å². The Labute approximate surface area is 163 Å². The monoisotopic (exact) mass is 403 g/mol. The van der Waals surface area contributed by atoms with Crippen molar-refractivity contribution in [2.75, 3.05) is 26.2 Å². The van der Waals surface area contributed by atoms with Gasteiger partial charge in [-0.15, -0.1) is 27.8 Å². The molecule has 0 bridgehead atoms. The first-order chi connectivity index (χ1) is 13.1. The highest BCUT2D eigenvalue weighted by molar-refractivity contribution is 7.22. The molecule has 3 aromatic heterocycles. The molecule has 0 saturated carbocycles. The zero-order valence-electron chi connectivity index (χ0n) is 14.6. The Bertz CT molecular complexity index is 928. The minimum Gasteiger partial charge on any atom is -0.338 e. The molecule has 3 aromatic rings. The van der Waals surface area contributed by atoms with Crippen LogP contribution in [0.5, 0.6) is 0 Å². The number of thiophene rings is 1. The summed E-state index contributed by atoms with van der Waals surface area (Å²) in [5, 5.41) is 13.6. The summed E-state index contributed by atoms with van der Waals surface area (Å²) in [6, 6.07) is 3.98. The van der Waals surface area contributed by atoms with E-state index in [9.17, 15) is 9.59 Å². The van der Waals surface area contributed by atoms with Gasteiger partial charge in [-0.25, -0.2) is 9.67 Å². The van der Waals surface area contributed by atoms with Crippen LogP contribution >= 0.6 is 22.7 Å². The van der Waals surface area contributed by atoms with Crippen molar-refractivity contribution >= 4 is 34.5 Å². The van der Waals surface area contributed by atoms with Crippen LogP contribution in [0.1, 0.15) is 15.4 Å². The molecule has 0 aliphatic carbocycles. The zero-order chi connectivity index (χ0) is 18.8. The molecule has 140 valence electrons. The average molecular weight is 403 g/mol. The molecular weight excluding hydrogens is 386 g/mol. The zero-order valence-corrected chi connectivity index (χ0v) is 16.2. The van der Waals surface area contributed by atoms with Crippen molar-refractivity contribution in [3.05, 3.63) is 34.4 Å². The van der Waals surface area contributed by atoms with Crippen molar-refractivity contribution in [2.24, 2.45) is 0 Å². The Kier molecular flexibility index (Phi) is 4.94. The topological polar surface area (TPSA) is 97.1 Å². The highest BCUT2D eigenvalue weighted by Crippen LogP contribution is 2.31. The van der Waals surface area contributed by atoms with E-state index >= 15 is 0 Å². The fourth-order valence-electron chi connectivity index (χ4n) is 2.89. The number of carbonyl (C=O) groups excluding carboxylic acids is 2. The Morgan fingerprint density at radius 1 is 1.19 bits per heavy atom. The second-order valence-electron chi connectivity index (χ2n) is 6.09. The molecule has 0 spiro atoms. The van der Waals surface area contributed by atoms with Gasteiger partial charge in [-0.05, 0) is 28.8 Å². The van der Waals surface area contributed by atoms with Crippen molar-refractivity contribution in [1.29, 1.82) is 0 Å². The lowest BCUT2D eigenvalue weighted by molar-refractivity contribution is -0.133. The van der Waals surface area contributed by atoms with Crippen molar-refractivity contribution in [2.45, 2.75) is 13.5 Å². The Morgan fingerprint density at radius 2 is 1.96 bits per heavy atom. The second kappa shape index (κ2) is 7.53.